The van der Waals surface area contributed by atoms with E-state index in [1.165, 1.54) is 0 Å². The van der Waals surface area contributed by atoms with Crippen molar-refractivity contribution in [3.05, 3.63) is 24.0 Å². The molecule has 0 radical (unpaired) electrons. The molecule has 3 heteroatoms. The van der Waals surface area contributed by atoms with Crippen molar-refractivity contribution in [3.8, 4) is 0 Å². The first-order chi connectivity index (χ1) is 4.29. The van der Waals surface area contributed by atoms with Gasteiger partial charge in [0.2, 0.25) is 0 Å². The lowest BCUT2D eigenvalue weighted by Crippen LogP contribution is -1.97. The highest BCUT2D eigenvalue weighted by molar-refractivity contribution is 5.14. The van der Waals surface area contributed by atoms with Crippen LogP contribution in [-0.4, -0.2) is 12.1 Å². The van der Waals surface area contributed by atoms with Gasteiger partial charge in [0.1, 0.15) is 0 Å². The van der Waals surface area contributed by atoms with E-state index in [-0.39, 0.29) is 0 Å². The second-order valence-electron chi connectivity index (χ2n) is 1.97. The predicted molar refractivity (Wildman–Crippen MR) is 35.5 cm³/mol. The van der Waals surface area contributed by atoms with Gasteiger partial charge in [-0.2, -0.15) is 0 Å². The molecule has 0 bridgehead atoms. The van der Waals surface area contributed by atoms with E-state index in [9.17, 15) is 0 Å². The van der Waals surface area contributed by atoms with Gasteiger partial charge in [0.25, 0.3) is 0 Å². The second-order valence-corrected chi connectivity index (χ2v) is 1.97. The Bertz CT molecular complexity index is 179. The van der Waals surface area contributed by atoms with Crippen LogP contribution in [0.25, 0.3) is 0 Å². The average molecular weight is 123 g/mol. The topological polar surface area (TPSA) is 28.0 Å². The first kappa shape index (κ1) is 6.01. The standard InChI is InChI=1S/C6H9N3/c1-6-3-4-9(2)8-7-5-6/h3-5H,1-2H3. The van der Waals surface area contributed by atoms with Gasteiger partial charge in [0, 0.05) is 13.2 Å². The molecule has 1 heterocycles. The Morgan fingerprint density at radius 3 is 3.11 bits per heavy atom. The van der Waals surface area contributed by atoms with Gasteiger partial charge in [-0.25, -0.2) is 0 Å². The number of hydrogen-bond donors (Lipinski definition) is 0. The molecule has 0 aromatic heterocycles. The first-order valence-corrected chi connectivity index (χ1v) is 2.77. The molecule has 1 rings (SSSR count). The molecule has 0 aromatic rings. The van der Waals surface area contributed by atoms with E-state index in [2.05, 4.69) is 10.3 Å². The van der Waals surface area contributed by atoms with Gasteiger partial charge in [-0.05, 0) is 18.6 Å². The first-order valence-electron chi connectivity index (χ1n) is 2.77. The third-order valence-electron chi connectivity index (χ3n) is 1.01. The minimum absolute atomic E-state index is 1.11. The number of hydrogen-bond acceptors (Lipinski definition) is 3. The van der Waals surface area contributed by atoms with Crippen molar-refractivity contribution in [1.82, 2.24) is 5.01 Å². The predicted octanol–water partition coefficient (Wildman–Crippen LogP) is 1.72. The van der Waals surface area contributed by atoms with E-state index in [0.29, 0.717) is 0 Å². The molecule has 0 N–H and O–H groups in total. The molecule has 0 amide bonds. The SMILES string of the molecule is CC1=CN=NN(C)C=C1. The summed E-state index contributed by atoms with van der Waals surface area (Å²) in [7, 11) is 1.84. The van der Waals surface area contributed by atoms with E-state index in [1.54, 1.807) is 11.2 Å². The molecule has 0 saturated carbocycles. The molecule has 0 atom stereocenters. The van der Waals surface area contributed by atoms with E-state index in [0.717, 1.165) is 5.57 Å². The summed E-state index contributed by atoms with van der Waals surface area (Å²) >= 11 is 0. The molecule has 0 fully saturated rings. The summed E-state index contributed by atoms with van der Waals surface area (Å²) in [4.78, 5) is 0. The molecule has 1 aliphatic heterocycles. The summed E-state index contributed by atoms with van der Waals surface area (Å²) in [5.41, 5.74) is 1.11. The highest BCUT2D eigenvalue weighted by Crippen LogP contribution is 2.01. The van der Waals surface area contributed by atoms with Crippen molar-refractivity contribution < 1.29 is 0 Å². The molecule has 48 valence electrons. The summed E-state index contributed by atoms with van der Waals surface area (Å²) in [5, 5.41) is 9.19. The Labute approximate surface area is 54.4 Å². The molecule has 9 heavy (non-hydrogen) atoms. The van der Waals surface area contributed by atoms with Gasteiger partial charge in [0.15, 0.2) is 0 Å². The molecular weight excluding hydrogens is 114 g/mol. The summed E-state index contributed by atoms with van der Waals surface area (Å²) in [6.45, 7) is 1.98. The molecule has 0 aliphatic carbocycles. The maximum Gasteiger partial charge on any atom is 0.0542 e. The Hall–Kier alpha value is -1.12. The van der Waals surface area contributed by atoms with Gasteiger partial charge in [-0.1, -0.05) is 5.22 Å². The fourth-order valence-electron chi connectivity index (χ4n) is 0.497. The lowest BCUT2D eigenvalue weighted by Gasteiger charge is -1.98. The van der Waals surface area contributed by atoms with Crippen molar-refractivity contribution in [2.75, 3.05) is 7.05 Å². The van der Waals surface area contributed by atoms with Crippen molar-refractivity contribution in [2.24, 2.45) is 10.3 Å². The minimum atomic E-state index is 1.11. The highest BCUT2D eigenvalue weighted by atomic mass is 15.5. The van der Waals surface area contributed by atoms with Crippen LogP contribution in [0.4, 0.5) is 0 Å². The van der Waals surface area contributed by atoms with Crippen LogP contribution in [0.5, 0.6) is 0 Å². The van der Waals surface area contributed by atoms with E-state index >= 15 is 0 Å². The maximum absolute atomic E-state index is 3.77. The van der Waals surface area contributed by atoms with E-state index in [1.807, 2.05) is 26.2 Å². The van der Waals surface area contributed by atoms with E-state index < -0.39 is 0 Å². The lowest BCUT2D eigenvalue weighted by molar-refractivity contribution is 0.458. The highest BCUT2D eigenvalue weighted by Gasteiger charge is 1.88. The zero-order valence-corrected chi connectivity index (χ0v) is 5.57. The van der Waals surface area contributed by atoms with E-state index in [4.69, 9.17) is 0 Å². The number of allylic oxidation sites excluding steroid dienone is 2. The van der Waals surface area contributed by atoms with Crippen LogP contribution in [0.2, 0.25) is 0 Å². The Kier molecular flexibility index (Phi) is 1.63. The molecule has 0 spiro atoms. The number of rotatable bonds is 0. The normalized spacial score (nSPS) is 17.6. The van der Waals surface area contributed by atoms with Crippen molar-refractivity contribution in [3.63, 3.8) is 0 Å². The molecule has 0 saturated heterocycles. The summed E-state index contributed by atoms with van der Waals surface area (Å²) in [6.07, 6.45) is 5.54. The number of nitrogens with zero attached hydrogens (tertiary/aromatic N) is 3. The Morgan fingerprint density at radius 1 is 1.56 bits per heavy atom. The van der Waals surface area contributed by atoms with Crippen LogP contribution in [0.15, 0.2) is 34.4 Å². The van der Waals surface area contributed by atoms with Crippen LogP contribution in [0.3, 0.4) is 0 Å². The quantitative estimate of drug-likeness (QED) is 0.482. The molecule has 0 aromatic carbocycles. The second kappa shape index (κ2) is 2.44. The van der Waals surface area contributed by atoms with Crippen LogP contribution in [-0.2, 0) is 0 Å². The van der Waals surface area contributed by atoms with Gasteiger partial charge >= 0.3 is 0 Å². The summed E-state index contributed by atoms with van der Waals surface area (Å²) in [5.74, 6) is 0. The summed E-state index contributed by atoms with van der Waals surface area (Å²) in [6, 6.07) is 0. The smallest absolute Gasteiger partial charge is 0.0542 e. The lowest BCUT2D eigenvalue weighted by atomic mass is 10.3. The minimum Gasteiger partial charge on any atom is -0.257 e. The van der Waals surface area contributed by atoms with Gasteiger partial charge in [-0.15, -0.1) is 5.11 Å². The molecule has 3 nitrogen and oxygen atoms in total. The largest absolute Gasteiger partial charge is 0.257 e. The monoisotopic (exact) mass is 123 g/mol. The van der Waals surface area contributed by atoms with Crippen LogP contribution >= 0.6 is 0 Å². The zero-order valence-electron chi connectivity index (χ0n) is 5.57. The van der Waals surface area contributed by atoms with Gasteiger partial charge in [-0.3, -0.25) is 5.01 Å². The van der Waals surface area contributed by atoms with Crippen LogP contribution < -0.4 is 0 Å². The van der Waals surface area contributed by atoms with Crippen molar-refractivity contribution in [1.29, 1.82) is 0 Å². The average Bonchev–Trinajstić information content (AvgIpc) is 1.97. The maximum atomic E-state index is 3.77. The van der Waals surface area contributed by atoms with Crippen LogP contribution in [0.1, 0.15) is 6.92 Å². The fraction of sp³-hybridized carbons (Fsp3) is 0.333. The molecule has 1 aliphatic rings. The van der Waals surface area contributed by atoms with Crippen molar-refractivity contribution >= 4 is 0 Å². The Balaban J connectivity index is 2.75. The fourth-order valence-corrected chi connectivity index (χ4v) is 0.497. The van der Waals surface area contributed by atoms with Gasteiger partial charge in [0.05, 0.1) is 6.20 Å². The Morgan fingerprint density at radius 2 is 2.33 bits per heavy atom. The van der Waals surface area contributed by atoms with Gasteiger partial charge < -0.3 is 0 Å². The van der Waals surface area contributed by atoms with Crippen LogP contribution in [0, 0.1) is 0 Å². The zero-order chi connectivity index (χ0) is 6.69. The molecule has 0 unspecified atom stereocenters. The third-order valence-corrected chi connectivity index (χ3v) is 1.01. The van der Waals surface area contributed by atoms with Crippen molar-refractivity contribution in [2.45, 2.75) is 6.92 Å². The summed E-state index contributed by atoms with van der Waals surface area (Å²) < 4.78 is 0. The third kappa shape index (κ3) is 1.68. The molecular formula is C6H9N3.